The first-order valence-electron chi connectivity index (χ1n) is 10.4. The lowest BCUT2D eigenvalue weighted by Gasteiger charge is -2.56. The predicted molar refractivity (Wildman–Crippen MR) is 104 cm³/mol. The van der Waals surface area contributed by atoms with E-state index < -0.39 is 0 Å². The first-order chi connectivity index (χ1) is 12.8. The van der Waals surface area contributed by atoms with Crippen molar-refractivity contribution in [3.8, 4) is 0 Å². The number of nitrogens with zero attached hydrogens (tertiary/aromatic N) is 2. The molecule has 6 nitrogen and oxygen atoms in total. The van der Waals surface area contributed by atoms with Gasteiger partial charge in [0.2, 0.25) is 5.91 Å². The predicted octanol–water partition coefficient (Wildman–Crippen LogP) is 3.35. The summed E-state index contributed by atoms with van der Waals surface area (Å²) in [6, 6.07) is 0. The molecule has 2 amide bonds. The van der Waals surface area contributed by atoms with Crippen LogP contribution in [0.25, 0.3) is 0 Å². The molecule has 5 rings (SSSR count). The minimum Gasteiger partial charge on any atom is -0.350 e. The maximum atomic E-state index is 12.9. The van der Waals surface area contributed by atoms with E-state index in [-0.39, 0.29) is 17.2 Å². The quantitative estimate of drug-likeness (QED) is 0.804. The van der Waals surface area contributed by atoms with Gasteiger partial charge in [-0.15, -0.1) is 0 Å². The van der Waals surface area contributed by atoms with Gasteiger partial charge in [0.25, 0.3) is 5.91 Å². The van der Waals surface area contributed by atoms with Gasteiger partial charge in [-0.3, -0.25) is 14.3 Å². The lowest BCUT2D eigenvalue weighted by molar-refractivity contribution is -0.124. The molecule has 148 valence electrons. The number of amides is 2. The van der Waals surface area contributed by atoms with Crippen LogP contribution in [0, 0.1) is 29.1 Å². The Hall–Kier alpha value is -1.85. The molecule has 4 bridgehead atoms. The molecule has 4 aliphatic rings. The van der Waals surface area contributed by atoms with Crippen LogP contribution in [0.4, 0.5) is 5.69 Å². The van der Waals surface area contributed by atoms with E-state index in [9.17, 15) is 9.59 Å². The van der Waals surface area contributed by atoms with Crippen LogP contribution in [0.5, 0.6) is 0 Å². The van der Waals surface area contributed by atoms with Gasteiger partial charge >= 0.3 is 0 Å². The van der Waals surface area contributed by atoms with Crippen LogP contribution in [-0.4, -0.2) is 28.1 Å². The second kappa shape index (κ2) is 6.95. The molecule has 0 aliphatic heterocycles. The van der Waals surface area contributed by atoms with E-state index in [1.807, 2.05) is 0 Å². The van der Waals surface area contributed by atoms with Crippen LogP contribution in [0.3, 0.4) is 0 Å². The molecule has 2 N–H and O–H groups in total. The summed E-state index contributed by atoms with van der Waals surface area (Å²) >= 11 is 0. The molecule has 0 radical (unpaired) electrons. The zero-order chi connectivity index (χ0) is 19.2. The maximum absolute atomic E-state index is 12.9. The summed E-state index contributed by atoms with van der Waals surface area (Å²) in [4.78, 5) is 25.4. The number of nitrogens with one attached hydrogen (secondary N) is 2. The van der Waals surface area contributed by atoms with Gasteiger partial charge in [0.05, 0.1) is 11.9 Å². The highest BCUT2D eigenvalue weighted by Crippen LogP contribution is 2.61. The average Bonchev–Trinajstić information content (AvgIpc) is 2.91. The number of carbonyl (C=O) groups excluding carboxylic acids is 2. The van der Waals surface area contributed by atoms with Crippen LogP contribution < -0.4 is 10.6 Å². The van der Waals surface area contributed by atoms with Crippen LogP contribution >= 0.6 is 0 Å². The number of rotatable bonds is 6. The van der Waals surface area contributed by atoms with Gasteiger partial charge < -0.3 is 10.6 Å². The highest BCUT2D eigenvalue weighted by molar-refractivity contribution is 6.02. The van der Waals surface area contributed by atoms with E-state index in [4.69, 9.17) is 0 Å². The third-order valence-electron chi connectivity index (χ3n) is 6.80. The van der Waals surface area contributed by atoms with Gasteiger partial charge in [-0.2, -0.15) is 5.10 Å². The Bertz CT molecular complexity index is 701. The molecule has 4 fully saturated rings. The van der Waals surface area contributed by atoms with Crippen molar-refractivity contribution in [1.82, 2.24) is 15.1 Å². The first kappa shape index (κ1) is 18.5. The molecule has 0 atom stereocenters. The smallest absolute Gasteiger partial charge is 0.271 e. The van der Waals surface area contributed by atoms with Gasteiger partial charge in [-0.1, -0.05) is 13.8 Å². The molecule has 1 heterocycles. The molecule has 0 saturated heterocycles. The highest BCUT2D eigenvalue weighted by atomic mass is 16.2. The summed E-state index contributed by atoms with van der Waals surface area (Å²) in [5.41, 5.74) is 1.14. The summed E-state index contributed by atoms with van der Waals surface area (Å²) in [6.45, 7) is 4.71. The van der Waals surface area contributed by atoms with Crippen molar-refractivity contribution in [2.75, 3.05) is 11.9 Å². The van der Waals surface area contributed by atoms with E-state index in [0.29, 0.717) is 30.3 Å². The summed E-state index contributed by atoms with van der Waals surface area (Å²) in [5, 5.41) is 10.1. The molecule has 1 aromatic heterocycles. The molecule has 0 spiro atoms. The Morgan fingerprint density at radius 1 is 1.19 bits per heavy atom. The fourth-order valence-electron chi connectivity index (χ4n) is 6.22. The fourth-order valence-corrected chi connectivity index (χ4v) is 6.22. The van der Waals surface area contributed by atoms with Gasteiger partial charge in [0, 0.05) is 20.0 Å². The molecule has 1 aromatic rings. The summed E-state index contributed by atoms with van der Waals surface area (Å²) in [5.74, 6) is 2.72. The molecular formula is C21H32N4O2. The summed E-state index contributed by atoms with van der Waals surface area (Å²) in [7, 11) is 1.74. The molecular weight excluding hydrogens is 340 g/mol. The van der Waals surface area contributed by atoms with Crippen molar-refractivity contribution >= 4 is 17.5 Å². The molecule has 27 heavy (non-hydrogen) atoms. The van der Waals surface area contributed by atoms with Gasteiger partial charge in [-0.05, 0) is 67.6 Å². The number of carbonyl (C=O) groups is 2. The Morgan fingerprint density at radius 3 is 2.33 bits per heavy atom. The lowest BCUT2D eigenvalue weighted by atomic mass is 9.49. The van der Waals surface area contributed by atoms with E-state index in [1.54, 1.807) is 13.2 Å². The highest BCUT2D eigenvalue weighted by Gasteiger charge is 2.51. The Balaban J connectivity index is 1.42. The zero-order valence-corrected chi connectivity index (χ0v) is 16.8. The lowest BCUT2D eigenvalue weighted by Crippen LogP contribution is -2.47. The Morgan fingerprint density at radius 2 is 1.78 bits per heavy atom. The number of aromatic nitrogens is 2. The molecule has 4 saturated carbocycles. The molecule has 0 unspecified atom stereocenters. The van der Waals surface area contributed by atoms with Crippen molar-refractivity contribution in [3.63, 3.8) is 0 Å². The standard InChI is InChI=1S/C21H32N4O2/c1-13(2)11-22-20(27)19-17(12-23-25(19)3)24-18(26)10-21-7-14-4-15(8-21)6-16(5-14)9-21/h12-16H,4-11H2,1-3H3,(H,22,27)(H,24,26). The molecule has 4 aliphatic carbocycles. The van der Waals surface area contributed by atoms with E-state index >= 15 is 0 Å². The van der Waals surface area contributed by atoms with E-state index in [2.05, 4.69) is 29.6 Å². The van der Waals surface area contributed by atoms with Crippen molar-refractivity contribution in [1.29, 1.82) is 0 Å². The summed E-state index contributed by atoms with van der Waals surface area (Å²) in [6.07, 6.45) is 9.93. The van der Waals surface area contributed by atoms with Crippen molar-refractivity contribution in [2.24, 2.45) is 36.1 Å². The van der Waals surface area contributed by atoms with Gasteiger partial charge in [-0.25, -0.2) is 0 Å². The topological polar surface area (TPSA) is 76.0 Å². The molecule has 0 aromatic carbocycles. The number of hydrogen-bond acceptors (Lipinski definition) is 3. The van der Waals surface area contributed by atoms with Crippen molar-refractivity contribution in [2.45, 2.75) is 58.8 Å². The van der Waals surface area contributed by atoms with Gasteiger partial charge in [0.1, 0.15) is 5.69 Å². The minimum absolute atomic E-state index is 0.0304. The Labute approximate surface area is 161 Å². The van der Waals surface area contributed by atoms with Crippen molar-refractivity contribution in [3.05, 3.63) is 11.9 Å². The number of anilines is 1. The monoisotopic (exact) mass is 372 g/mol. The average molecular weight is 373 g/mol. The second-order valence-electron chi connectivity index (χ2n) is 9.78. The van der Waals surface area contributed by atoms with Gasteiger partial charge in [0.15, 0.2) is 0 Å². The SMILES string of the molecule is CC(C)CNC(=O)c1c(NC(=O)CC23CC4CC(CC(C4)C2)C3)cnn1C. The summed E-state index contributed by atoms with van der Waals surface area (Å²) < 4.78 is 1.54. The fraction of sp³-hybridized carbons (Fsp3) is 0.762. The number of aryl methyl sites for hydroxylation is 1. The molecule has 6 heteroatoms. The van der Waals surface area contributed by atoms with Crippen LogP contribution in [-0.2, 0) is 11.8 Å². The van der Waals surface area contributed by atoms with Crippen molar-refractivity contribution < 1.29 is 9.59 Å². The van der Waals surface area contributed by atoms with Crippen LogP contribution in [0.15, 0.2) is 6.20 Å². The third kappa shape index (κ3) is 3.76. The Kier molecular flexibility index (Phi) is 4.77. The minimum atomic E-state index is -0.186. The van der Waals surface area contributed by atoms with Crippen LogP contribution in [0.1, 0.15) is 69.3 Å². The second-order valence-corrected chi connectivity index (χ2v) is 9.78. The van der Waals surface area contributed by atoms with E-state index in [0.717, 1.165) is 17.8 Å². The maximum Gasteiger partial charge on any atom is 0.271 e. The third-order valence-corrected chi connectivity index (χ3v) is 6.80. The zero-order valence-electron chi connectivity index (χ0n) is 16.8. The first-order valence-corrected chi connectivity index (χ1v) is 10.4. The van der Waals surface area contributed by atoms with Crippen LogP contribution in [0.2, 0.25) is 0 Å². The number of hydrogen-bond donors (Lipinski definition) is 2. The largest absolute Gasteiger partial charge is 0.350 e. The van der Waals surface area contributed by atoms with E-state index in [1.165, 1.54) is 43.2 Å². The normalized spacial score (nSPS) is 31.3.